The van der Waals surface area contributed by atoms with E-state index in [0.717, 1.165) is 0 Å². The number of rotatable bonds is 4. The summed E-state index contributed by atoms with van der Waals surface area (Å²) in [5, 5.41) is 8.58. The lowest BCUT2D eigenvalue weighted by Gasteiger charge is -2.08. The molecule has 0 amide bonds. The smallest absolute Gasteiger partial charge is 0.179 e. The fraction of sp³-hybridized carbons (Fsp3) is 0.300. The summed E-state index contributed by atoms with van der Waals surface area (Å²) in [7, 11) is 0. The first-order valence-electron chi connectivity index (χ1n) is 4.31. The van der Waals surface area contributed by atoms with E-state index in [4.69, 9.17) is 10.8 Å². The lowest BCUT2D eigenvalue weighted by molar-refractivity contribution is 0.0945. The predicted octanol–water partition coefficient (Wildman–Crippen LogP) is 0.718. The van der Waals surface area contributed by atoms with Gasteiger partial charge >= 0.3 is 0 Å². The van der Waals surface area contributed by atoms with Crippen molar-refractivity contribution in [2.75, 3.05) is 6.61 Å². The molecule has 1 unspecified atom stereocenters. The summed E-state index contributed by atoms with van der Waals surface area (Å²) in [5.41, 5.74) is 5.86. The molecule has 1 aromatic carbocycles. The van der Waals surface area contributed by atoms with Crippen molar-refractivity contribution in [3.05, 3.63) is 35.6 Å². The van der Waals surface area contributed by atoms with Gasteiger partial charge in [-0.15, -0.1) is 0 Å². The molecule has 0 aliphatic heterocycles. The van der Waals surface area contributed by atoms with Crippen molar-refractivity contribution in [1.82, 2.24) is 0 Å². The molecule has 0 aromatic heterocycles. The van der Waals surface area contributed by atoms with E-state index < -0.39 is 11.9 Å². The third-order valence-electron chi connectivity index (χ3n) is 1.91. The lowest BCUT2D eigenvalue weighted by atomic mass is 10.0. The lowest BCUT2D eigenvalue weighted by Crippen LogP contribution is -2.31. The molecule has 0 spiro atoms. The van der Waals surface area contributed by atoms with E-state index >= 15 is 0 Å². The molecule has 76 valence electrons. The summed E-state index contributed by atoms with van der Waals surface area (Å²) >= 11 is 0. The van der Waals surface area contributed by atoms with Crippen LogP contribution in [0.2, 0.25) is 0 Å². The number of carbonyl (C=O) groups is 1. The highest BCUT2D eigenvalue weighted by molar-refractivity contribution is 5.99. The Balaban J connectivity index is 2.74. The SMILES string of the molecule is NC(CCO)C(=O)c1ccc(F)cc1. The maximum Gasteiger partial charge on any atom is 0.179 e. The van der Waals surface area contributed by atoms with E-state index in [2.05, 4.69) is 0 Å². The van der Waals surface area contributed by atoms with Crippen molar-refractivity contribution in [2.24, 2.45) is 5.73 Å². The summed E-state index contributed by atoms with van der Waals surface area (Å²) in [6.45, 7) is -0.131. The minimum absolute atomic E-state index is 0.131. The fourth-order valence-corrected chi connectivity index (χ4v) is 1.10. The Morgan fingerprint density at radius 1 is 1.43 bits per heavy atom. The standard InChI is InChI=1S/C10H12FNO2/c11-8-3-1-7(2-4-8)10(14)9(12)5-6-13/h1-4,9,13H,5-6,12H2. The van der Waals surface area contributed by atoms with Crippen molar-refractivity contribution < 1.29 is 14.3 Å². The Kier molecular flexibility index (Phi) is 3.73. The highest BCUT2D eigenvalue weighted by Crippen LogP contribution is 2.06. The van der Waals surface area contributed by atoms with Crippen molar-refractivity contribution in [3.63, 3.8) is 0 Å². The Labute approximate surface area is 81.4 Å². The molecule has 0 bridgehead atoms. The number of carbonyl (C=O) groups excluding carboxylic acids is 1. The number of ketones is 1. The maximum absolute atomic E-state index is 12.5. The van der Waals surface area contributed by atoms with E-state index in [0.29, 0.717) is 5.56 Å². The first kappa shape index (κ1) is 10.8. The average molecular weight is 197 g/mol. The number of benzene rings is 1. The zero-order valence-electron chi connectivity index (χ0n) is 7.61. The number of hydrogen-bond acceptors (Lipinski definition) is 3. The first-order chi connectivity index (χ1) is 6.65. The van der Waals surface area contributed by atoms with Gasteiger partial charge in [-0.3, -0.25) is 4.79 Å². The minimum Gasteiger partial charge on any atom is -0.396 e. The van der Waals surface area contributed by atoms with Gasteiger partial charge in [-0.05, 0) is 30.7 Å². The van der Waals surface area contributed by atoms with E-state index in [1.165, 1.54) is 24.3 Å². The van der Waals surface area contributed by atoms with Crippen LogP contribution in [0.5, 0.6) is 0 Å². The number of Topliss-reactive ketones (excluding diaryl/α,β-unsaturated/α-hetero) is 1. The molecule has 0 saturated carbocycles. The summed E-state index contributed by atoms with van der Waals surface area (Å²) in [5.74, 6) is -0.670. The van der Waals surface area contributed by atoms with Crippen LogP contribution in [0.25, 0.3) is 0 Å². The normalized spacial score (nSPS) is 12.5. The Morgan fingerprint density at radius 2 is 2.00 bits per heavy atom. The van der Waals surface area contributed by atoms with Gasteiger partial charge in [0.25, 0.3) is 0 Å². The number of aliphatic hydroxyl groups excluding tert-OH is 1. The van der Waals surface area contributed by atoms with Gasteiger partial charge in [-0.1, -0.05) is 0 Å². The second kappa shape index (κ2) is 4.83. The van der Waals surface area contributed by atoms with Gasteiger partial charge in [-0.25, -0.2) is 4.39 Å². The molecule has 1 aromatic rings. The van der Waals surface area contributed by atoms with Crippen LogP contribution in [0, 0.1) is 5.82 Å². The van der Waals surface area contributed by atoms with Crippen molar-refractivity contribution >= 4 is 5.78 Å². The third-order valence-corrected chi connectivity index (χ3v) is 1.91. The zero-order chi connectivity index (χ0) is 10.6. The Hall–Kier alpha value is -1.26. The molecule has 0 heterocycles. The number of aliphatic hydroxyl groups is 1. The largest absolute Gasteiger partial charge is 0.396 e. The van der Waals surface area contributed by atoms with Gasteiger partial charge in [0, 0.05) is 12.2 Å². The van der Waals surface area contributed by atoms with Crippen LogP contribution < -0.4 is 5.73 Å². The van der Waals surface area contributed by atoms with E-state index in [-0.39, 0.29) is 18.8 Å². The van der Waals surface area contributed by atoms with Gasteiger partial charge < -0.3 is 10.8 Å². The molecule has 0 saturated heterocycles. The molecular formula is C10H12FNO2. The third kappa shape index (κ3) is 2.61. The summed E-state index contributed by atoms with van der Waals surface area (Å²) in [6, 6.07) is 4.46. The molecule has 0 aliphatic rings. The quantitative estimate of drug-likeness (QED) is 0.699. The van der Waals surface area contributed by atoms with Crippen molar-refractivity contribution in [3.8, 4) is 0 Å². The molecule has 1 rings (SSSR count). The van der Waals surface area contributed by atoms with Crippen LogP contribution in [-0.4, -0.2) is 23.5 Å². The maximum atomic E-state index is 12.5. The minimum atomic E-state index is -0.717. The summed E-state index contributed by atoms with van der Waals surface area (Å²) in [6.07, 6.45) is 0.218. The van der Waals surface area contributed by atoms with Gasteiger partial charge in [0.2, 0.25) is 0 Å². The second-order valence-corrected chi connectivity index (χ2v) is 2.99. The van der Waals surface area contributed by atoms with E-state index in [9.17, 15) is 9.18 Å². The second-order valence-electron chi connectivity index (χ2n) is 2.99. The molecule has 3 N–H and O–H groups in total. The molecular weight excluding hydrogens is 185 g/mol. The van der Waals surface area contributed by atoms with Crippen LogP contribution in [-0.2, 0) is 0 Å². The number of nitrogens with two attached hydrogens (primary N) is 1. The van der Waals surface area contributed by atoms with Gasteiger partial charge in [0.1, 0.15) is 5.82 Å². The number of halogens is 1. The van der Waals surface area contributed by atoms with E-state index in [1.807, 2.05) is 0 Å². The predicted molar refractivity (Wildman–Crippen MR) is 50.4 cm³/mol. The highest BCUT2D eigenvalue weighted by Gasteiger charge is 2.14. The van der Waals surface area contributed by atoms with Crippen LogP contribution in [0.3, 0.4) is 0 Å². The molecule has 4 heteroatoms. The van der Waals surface area contributed by atoms with Crippen LogP contribution >= 0.6 is 0 Å². The summed E-state index contributed by atoms with van der Waals surface area (Å²) < 4.78 is 12.5. The zero-order valence-corrected chi connectivity index (χ0v) is 7.61. The van der Waals surface area contributed by atoms with Crippen LogP contribution in [0.1, 0.15) is 16.8 Å². The molecule has 0 radical (unpaired) electrons. The van der Waals surface area contributed by atoms with Crippen LogP contribution in [0.4, 0.5) is 4.39 Å². The summed E-state index contributed by atoms with van der Waals surface area (Å²) in [4.78, 5) is 11.5. The van der Waals surface area contributed by atoms with Gasteiger partial charge in [0.05, 0.1) is 6.04 Å². The van der Waals surface area contributed by atoms with Crippen molar-refractivity contribution in [2.45, 2.75) is 12.5 Å². The highest BCUT2D eigenvalue weighted by atomic mass is 19.1. The Morgan fingerprint density at radius 3 is 2.50 bits per heavy atom. The Bertz CT molecular complexity index is 310. The first-order valence-corrected chi connectivity index (χ1v) is 4.31. The molecule has 0 aliphatic carbocycles. The fourth-order valence-electron chi connectivity index (χ4n) is 1.10. The van der Waals surface area contributed by atoms with Crippen LogP contribution in [0.15, 0.2) is 24.3 Å². The average Bonchev–Trinajstić information content (AvgIpc) is 2.18. The monoisotopic (exact) mass is 197 g/mol. The topological polar surface area (TPSA) is 63.3 Å². The molecule has 1 atom stereocenters. The van der Waals surface area contributed by atoms with Gasteiger partial charge in [-0.2, -0.15) is 0 Å². The molecule has 0 fully saturated rings. The van der Waals surface area contributed by atoms with Gasteiger partial charge in [0.15, 0.2) is 5.78 Å². The molecule has 14 heavy (non-hydrogen) atoms. The number of hydrogen-bond donors (Lipinski definition) is 2. The molecule has 3 nitrogen and oxygen atoms in total. The van der Waals surface area contributed by atoms with E-state index in [1.54, 1.807) is 0 Å². The van der Waals surface area contributed by atoms with Crippen molar-refractivity contribution in [1.29, 1.82) is 0 Å².